The fraction of sp³-hybridized carbons (Fsp3) is 0.600. The minimum Gasteiger partial charge on any atom is -0.370 e. The highest BCUT2D eigenvalue weighted by Gasteiger charge is 2.03. The molecular weight excluding hydrogens is 250 g/mol. The maximum absolute atomic E-state index is 5.83. The number of nitrogens with two attached hydrogens (primary N) is 1. The maximum atomic E-state index is 5.83. The minimum absolute atomic E-state index is 0.349. The fourth-order valence-electron chi connectivity index (χ4n) is 1.82. The predicted octanol–water partition coefficient (Wildman–Crippen LogP) is 2.13. The summed E-state index contributed by atoms with van der Waals surface area (Å²) in [4.78, 5) is 11.0. The first-order valence-corrected chi connectivity index (χ1v) is 7.36. The molecule has 1 unspecified atom stereocenters. The number of guanidine groups is 1. The van der Waals surface area contributed by atoms with Crippen LogP contribution in [-0.4, -0.2) is 30.1 Å². The molecule has 0 saturated carbocycles. The molecule has 0 radical (unpaired) electrons. The monoisotopic (exact) mass is 277 g/mol. The number of nitrogens with zero attached hydrogens (tertiary/aromatic N) is 3. The number of aliphatic imine (C=N–C) groups is 1. The first-order chi connectivity index (χ1) is 9.60. The SMILES string of the molecule is CCC(C)NC(N)=NCc1ccc(N(CC)CC)nc1. The van der Waals surface area contributed by atoms with E-state index < -0.39 is 0 Å². The van der Waals surface area contributed by atoms with Gasteiger partial charge in [-0.2, -0.15) is 0 Å². The van der Waals surface area contributed by atoms with E-state index in [0.717, 1.165) is 30.9 Å². The smallest absolute Gasteiger partial charge is 0.189 e. The van der Waals surface area contributed by atoms with Crippen LogP contribution >= 0.6 is 0 Å². The summed E-state index contributed by atoms with van der Waals surface area (Å²) in [7, 11) is 0. The molecule has 0 saturated heterocycles. The summed E-state index contributed by atoms with van der Waals surface area (Å²) in [5.41, 5.74) is 6.89. The summed E-state index contributed by atoms with van der Waals surface area (Å²) in [6.07, 6.45) is 2.89. The second-order valence-electron chi connectivity index (χ2n) is 4.85. The van der Waals surface area contributed by atoms with Crippen molar-refractivity contribution in [1.82, 2.24) is 10.3 Å². The summed E-state index contributed by atoms with van der Waals surface area (Å²) in [5, 5.41) is 3.15. The van der Waals surface area contributed by atoms with E-state index in [4.69, 9.17) is 5.73 Å². The second kappa shape index (κ2) is 8.40. The van der Waals surface area contributed by atoms with Gasteiger partial charge in [-0.05, 0) is 38.8 Å². The zero-order valence-corrected chi connectivity index (χ0v) is 13.1. The highest BCUT2D eigenvalue weighted by molar-refractivity contribution is 5.78. The number of pyridine rings is 1. The van der Waals surface area contributed by atoms with Crippen LogP contribution in [0.2, 0.25) is 0 Å². The van der Waals surface area contributed by atoms with E-state index in [1.807, 2.05) is 12.3 Å². The van der Waals surface area contributed by atoms with Gasteiger partial charge >= 0.3 is 0 Å². The van der Waals surface area contributed by atoms with Crippen molar-refractivity contribution in [3.63, 3.8) is 0 Å². The van der Waals surface area contributed by atoms with Gasteiger partial charge in [0.05, 0.1) is 6.54 Å². The molecule has 112 valence electrons. The highest BCUT2D eigenvalue weighted by atomic mass is 15.2. The van der Waals surface area contributed by atoms with E-state index >= 15 is 0 Å². The van der Waals surface area contributed by atoms with Gasteiger partial charge in [-0.15, -0.1) is 0 Å². The Morgan fingerprint density at radius 3 is 2.55 bits per heavy atom. The Morgan fingerprint density at radius 2 is 2.05 bits per heavy atom. The molecule has 0 aliphatic carbocycles. The number of hydrogen-bond acceptors (Lipinski definition) is 3. The summed E-state index contributed by atoms with van der Waals surface area (Å²) in [6.45, 7) is 10.9. The van der Waals surface area contributed by atoms with Gasteiger partial charge in [-0.1, -0.05) is 13.0 Å². The Hall–Kier alpha value is -1.78. The Morgan fingerprint density at radius 1 is 1.35 bits per heavy atom. The van der Waals surface area contributed by atoms with E-state index in [-0.39, 0.29) is 0 Å². The van der Waals surface area contributed by atoms with Crippen molar-refractivity contribution in [3.05, 3.63) is 23.9 Å². The molecule has 0 aliphatic heterocycles. The molecule has 0 bridgehead atoms. The van der Waals surface area contributed by atoms with E-state index in [1.54, 1.807) is 0 Å². The van der Waals surface area contributed by atoms with Crippen LogP contribution in [-0.2, 0) is 6.54 Å². The van der Waals surface area contributed by atoms with Crippen molar-refractivity contribution in [2.45, 2.75) is 46.7 Å². The van der Waals surface area contributed by atoms with Gasteiger partial charge in [-0.25, -0.2) is 9.98 Å². The minimum atomic E-state index is 0.349. The third kappa shape index (κ3) is 5.07. The summed E-state index contributed by atoms with van der Waals surface area (Å²) < 4.78 is 0. The molecule has 1 aromatic rings. The molecule has 1 rings (SSSR count). The molecule has 0 fully saturated rings. The molecule has 0 aromatic carbocycles. The molecule has 0 aliphatic rings. The number of rotatable bonds is 7. The average Bonchev–Trinajstić information content (AvgIpc) is 2.47. The van der Waals surface area contributed by atoms with Gasteiger partial charge in [0.25, 0.3) is 0 Å². The van der Waals surface area contributed by atoms with Gasteiger partial charge < -0.3 is 16.0 Å². The number of nitrogens with one attached hydrogen (secondary N) is 1. The molecule has 20 heavy (non-hydrogen) atoms. The standard InChI is InChI=1S/C15H27N5/c1-5-12(4)19-15(16)18-11-13-8-9-14(17-10-13)20(6-2)7-3/h8-10,12H,5-7,11H2,1-4H3,(H3,16,18,19). The first-order valence-electron chi connectivity index (χ1n) is 7.36. The third-order valence-corrected chi connectivity index (χ3v) is 3.34. The zero-order valence-electron chi connectivity index (χ0n) is 13.1. The summed E-state index contributed by atoms with van der Waals surface area (Å²) in [6, 6.07) is 4.44. The van der Waals surface area contributed by atoms with Crippen molar-refractivity contribution >= 4 is 11.8 Å². The Labute approximate surface area is 122 Å². The van der Waals surface area contributed by atoms with Crippen LogP contribution in [0, 0.1) is 0 Å². The van der Waals surface area contributed by atoms with Crippen LogP contribution in [0.25, 0.3) is 0 Å². The number of hydrogen-bond donors (Lipinski definition) is 2. The van der Waals surface area contributed by atoms with Gasteiger partial charge in [0.1, 0.15) is 5.82 Å². The van der Waals surface area contributed by atoms with E-state index in [9.17, 15) is 0 Å². The molecule has 0 amide bonds. The van der Waals surface area contributed by atoms with E-state index in [1.165, 1.54) is 0 Å². The van der Waals surface area contributed by atoms with Crippen molar-refractivity contribution in [3.8, 4) is 0 Å². The molecular formula is C15H27N5. The molecule has 5 nitrogen and oxygen atoms in total. The van der Waals surface area contributed by atoms with Crippen molar-refractivity contribution < 1.29 is 0 Å². The molecule has 1 aromatic heterocycles. The lowest BCUT2D eigenvalue weighted by molar-refractivity contribution is 0.636. The topological polar surface area (TPSA) is 66.5 Å². The van der Waals surface area contributed by atoms with Crippen molar-refractivity contribution in [1.29, 1.82) is 0 Å². The third-order valence-electron chi connectivity index (χ3n) is 3.34. The van der Waals surface area contributed by atoms with Crippen molar-refractivity contribution in [2.24, 2.45) is 10.7 Å². The van der Waals surface area contributed by atoms with Crippen molar-refractivity contribution in [2.75, 3.05) is 18.0 Å². The Balaban J connectivity index is 2.59. The highest BCUT2D eigenvalue weighted by Crippen LogP contribution is 2.11. The fourth-order valence-corrected chi connectivity index (χ4v) is 1.82. The Bertz CT molecular complexity index is 409. The summed E-state index contributed by atoms with van der Waals surface area (Å²) in [5.74, 6) is 1.50. The van der Waals surface area contributed by atoms with Crippen LogP contribution < -0.4 is 16.0 Å². The molecule has 5 heteroatoms. The first kappa shape index (κ1) is 16.3. The molecule has 0 spiro atoms. The van der Waals surface area contributed by atoms with Crippen LogP contribution in [0.5, 0.6) is 0 Å². The van der Waals surface area contributed by atoms with Gasteiger partial charge in [-0.3, -0.25) is 0 Å². The van der Waals surface area contributed by atoms with Crippen LogP contribution in [0.15, 0.2) is 23.3 Å². The lowest BCUT2D eigenvalue weighted by Gasteiger charge is -2.19. The number of anilines is 1. The predicted molar refractivity (Wildman–Crippen MR) is 86.0 cm³/mol. The lowest BCUT2D eigenvalue weighted by atomic mass is 10.2. The average molecular weight is 277 g/mol. The zero-order chi connectivity index (χ0) is 15.0. The van der Waals surface area contributed by atoms with E-state index in [0.29, 0.717) is 18.5 Å². The van der Waals surface area contributed by atoms with Crippen LogP contribution in [0.4, 0.5) is 5.82 Å². The second-order valence-corrected chi connectivity index (χ2v) is 4.85. The number of aromatic nitrogens is 1. The van der Waals surface area contributed by atoms with Crippen LogP contribution in [0.1, 0.15) is 39.7 Å². The Kier molecular flexibility index (Phi) is 6.84. The van der Waals surface area contributed by atoms with Gasteiger partial charge in [0.2, 0.25) is 0 Å². The maximum Gasteiger partial charge on any atom is 0.189 e. The molecule has 3 N–H and O–H groups in total. The van der Waals surface area contributed by atoms with Crippen LogP contribution in [0.3, 0.4) is 0 Å². The quantitative estimate of drug-likeness (QED) is 0.592. The van der Waals surface area contributed by atoms with Gasteiger partial charge in [0.15, 0.2) is 5.96 Å². The normalized spacial score (nSPS) is 13.1. The van der Waals surface area contributed by atoms with Gasteiger partial charge in [0, 0.05) is 25.3 Å². The summed E-state index contributed by atoms with van der Waals surface area (Å²) >= 11 is 0. The largest absolute Gasteiger partial charge is 0.370 e. The molecule has 1 heterocycles. The van der Waals surface area contributed by atoms with E-state index in [2.05, 4.69) is 54.0 Å². The molecule has 1 atom stereocenters. The lowest BCUT2D eigenvalue weighted by Crippen LogP contribution is -2.38.